The third-order valence-corrected chi connectivity index (χ3v) is 3.83. The van der Waals surface area contributed by atoms with Crippen LogP contribution in [-0.4, -0.2) is 20.4 Å². The fourth-order valence-corrected chi connectivity index (χ4v) is 2.57. The molecule has 0 unspecified atom stereocenters. The van der Waals surface area contributed by atoms with Crippen LogP contribution in [-0.2, 0) is 0 Å². The van der Waals surface area contributed by atoms with E-state index in [9.17, 15) is 0 Å². The summed E-state index contributed by atoms with van der Waals surface area (Å²) in [5.74, 6) is 1.41. The van der Waals surface area contributed by atoms with E-state index in [2.05, 4.69) is 16.6 Å². The van der Waals surface area contributed by atoms with Crippen molar-refractivity contribution < 1.29 is 9.47 Å². The summed E-state index contributed by atoms with van der Waals surface area (Å²) in [5, 5.41) is 4.34. The van der Waals surface area contributed by atoms with Gasteiger partial charge in [0, 0.05) is 5.56 Å². The molecule has 0 aliphatic carbocycles. The fraction of sp³-hybridized carbons (Fsp3) is 0.0952. The van der Waals surface area contributed by atoms with Crippen molar-refractivity contribution in [3.63, 3.8) is 0 Å². The molecule has 4 heteroatoms. The minimum atomic E-state index is 0.703. The Morgan fingerprint density at radius 3 is 2.28 bits per heavy atom. The van der Waals surface area contributed by atoms with Gasteiger partial charge in [0.25, 0.3) is 0 Å². The van der Waals surface area contributed by atoms with Crippen LogP contribution >= 0.6 is 0 Å². The predicted octanol–water partition coefficient (Wildman–Crippen LogP) is 4.82. The number of rotatable bonds is 6. The highest BCUT2D eigenvalue weighted by Crippen LogP contribution is 2.33. The lowest BCUT2D eigenvalue weighted by Crippen LogP contribution is -1.94. The van der Waals surface area contributed by atoms with E-state index in [1.54, 1.807) is 14.2 Å². The Balaban J connectivity index is 1.88. The van der Waals surface area contributed by atoms with E-state index < -0.39 is 0 Å². The Bertz CT molecular complexity index is 861. The highest BCUT2D eigenvalue weighted by molar-refractivity contribution is 5.91. The van der Waals surface area contributed by atoms with Crippen molar-refractivity contribution >= 4 is 11.9 Å². The maximum atomic E-state index is 5.41. The van der Waals surface area contributed by atoms with Crippen LogP contribution < -0.4 is 14.9 Å². The van der Waals surface area contributed by atoms with Crippen molar-refractivity contribution in [2.45, 2.75) is 0 Å². The van der Waals surface area contributed by atoms with Gasteiger partial charge in [-0.1, -0.05) is 48.5 Å². The molecule has 0 radical (unpaired) electrons. The van der Waals surface area contributed by atoms with Crippen molar-refractivity contribution in [2.75, 3.05) is 19.6 Å². The summed E-state index contributed by atoms with van der Waals surface area (Å²) in [6.07, 6.45) is 1.82. The van der Waals surface area contributed by atoms with Crippen LogP contribution in [0.15, 0.2) is 77.9 Å². The smallest absolute Gasteiger partial charge is 0.161 e. The van der Waals surface area contributed by atoms with E-state index in [4.69, 9.17) is 9.47 Å². The molecule has 0 atom stereocenters. The van der Waals surface area contributed by atoms with E-state index in [1.807, 2.05) is 72.9 Å². The molecule has 3 aromatic carbocycles. The van der Waals surface area contributed by atoms with Crippen LogP contribution in [0.3, 0.4) is 0 Å². The Labute approximate surface area is 147 Å². The van der Waals surface area contributed by atoms with Gasteiger partial charge in [-0.15, -0.1) is 0 Å². The van der Waals surface area contributed by atoms with E-state index in [0.717, 1.165) is 22.4 Å². The third kappa shape index (κ3) is 3.98. The van der Waals surface area contributed by atoms with Crippen LogP contribution in [0.2, 0.25) is 0 Å². The molecule has 0 bridgehead atoms. The molecular weight excluding hydrogens is 312 g/mol. The second-order valence-electron chi connectivity index (χ2n) is 5.39. The monoisotopic (exact) mass is 332 g/mol. The number of hydrogen-bond acceptors (Lipinski definition) is 4. The van der Waals surface area contributed by atoms with Gasteiger partial charge in [0.1, 0.15) is 0 Å². The maximum absolute atomic E-state index is 5.41. The first-order chi connectivity index (χ1) is 12.3. The molecule has 0 fully saturated rings. The van der Waals surface area contributed by atoms with Gasteiger partial charge in [-0.25, -0.2) is 0 Å². The topological polar surface area (TPSA) is 42.8 Å². The summed E-state index contributed by atoms with van der Waals surface area (Å²) in [6.45, 7) is 0. The minimum Gasteiger partial charge on any atom is -0.493 e. The SMILES string of the molecule is COc1ccc(-c2ccccc2C=NNc2ccccc2)cc1OC. The highest BCUT2D eigenvalue weighted by atomic mass is 16.5. The number of ether oxygens (including phenoxy) is 2. The first-order valence-corrected chi connectivity index (χ1v) is 7.97. The standard InChI is InChI=1S/C21H20N2O2/c1-24-20-13-12-16(14-21(20)25-2)19-11-7-6-8-17(19)15-22-23-18-9-4-3-5-10-18/h3-15,23H,1-2H3. The van der Waals surface area contributed by atoms with Crippen molar-refractivity contribution in [2.24, 2.45) is 5.10 Å². The number of hydrazone groups is 1. The Morgan fingerprint density at radius 1 is 0.800 bits per heavy atom. The second kappa shape index (κ2) is 8.02. The predicted molar refractivity (Wildman–Crippen MR) is 103 cm³/mol. The van der Waals surface area contributed by atoms with Crippen molar-refractivity contribution in [1.82, 2.24) is 0 Å². The number of nitrogens with one attached hydrogen (secondary N) is 1. The molecule has 0 heterocycles. The molecule has 4 nitrogen and oxygen atoms in total. The Morgan fingerprint density at radius 2 is 1.52 bits per heavy atom. The van der Waals surface area contributed by atoms with Crippen LogP contribution in [0.4, 0.5) is 5.69 Å². The Hall–Kier alpha value is -3.27. The number of para-hydroxylation sites is 1. The summed E-state index contributed by atoms with van der Waals surface area (Å²) >= 11 is 0. The molecule has 0 aliphatic heterocycles. The van der Waals surface area contributed by atoms with E-state index in [0.29, 0.717) is 11.5 Å². The zero-order chi connectivity index (χ0) is 17.5. The van der Waals surface area contributed by atoms with Crippen LogP contribution in [0.1, 0.15) is 5.56 Å². The number of methoxy groups -OCH3 is 2. The third-order valence-electron chi connectivity index (χ3n) is 3.83. The molecular formula is C21H20N2O2. The van der Waals surface area contributed by atoms with Gasteiger partial charge in [-0.05, 0) is 35.4 Å². The van der Waals surface area contributed by atoms with Gasteiger partial charge in [-0.2, -0.15) is 5.10 Å². The van der Waals surface area contributed by atoms with Crippen molar-refractivity contribution in [3.8, 4) is 22.6 Å². The number of anilines is 1. The average Bonchev–Trinajstić information content (AvgIpc) is 2.68. The zero-order valence-corrected chi connectivity index (χ0v) is 14.3. The quantitative estimate of drug-likeness (QED) is 0.520. The largest absolute Gasteiger partial charge is 0.493 e. The Kier molecular flexibility index (Phi) is 5.32. The minimum absolute atomic E-state index is 0.703. The summed E-state index contributed by atoms with van der Waals surface area (Å²) in [4.78, 5) is 0. The molecule has 1 N–H and O–H groups in total. The number of benzene rings is 3. The first-order valence-electron chi connectivity index (χ1n) is 7.97. The molecule has 126 valence electrons. The maximum Gasteiger partial charge on any atom is 0.161 e. The lowest BCUT2D eigenvalue weighted by molar-refractivity contribution is 0.355. The molecule has 3 rings (SSSR count). The van der Waals surface area contributed by atoms with Crippen molar-refractivity contribution in [1.29, 1.82) is 0 Å². The second-order valence-corrected chi connectivity index (χ2v) is 5.39. The lowest BCUT2D eigenvalue weighted by atomic mass is 10.00. The summed E-state index contributed by atoms with van der Waals surface area (Å²) in [7, 11) is 3.27. The fourth-order valence-electron chi connectivity index (χ4n) is 2.57. The van der Waals surface area contributed by atoms with Crippen LogP contribution in [0.25, 0.3) is 11.1 Å². The van der Waals surface area contributed by atoms with E-state index in [-0.39, 0.29) is 0 Å². The zero-order valence-electron chi connectivity index (χ0n) is 14.3. The van der Waals surface area contributed by atoms with Crippen LogP contribution in [0.5, 0.6) is 11.5 Å². The first kappa shape index (κ1) is 16.6. The van der Waals surface area contributed by atoms with Gasteiger partial charge >= 0.3 is 0 Å². The van der Waals surface area contributed by atoms with Gasteiger partial charge < -0.3 is 9.47 Å². The average molecular weight is 332 g/mol. The molecule has 0 saturated heterocycles. The van der Waals surface area contributed by atoms with Gasteiger partial charge in [0.05, 0.1) is 26.1 Å². The molecule has 0 saturated carbocycles. The van der Waals surface area contributed by atoms with E-state index in [1.165, 1.54) is 0 Å². The van der Waals surface area contributed by atoms with Crippen LogP contribution in [0, 0.1) is 0 Å². The molecule has 0 aromatic heterocycles. The number of nitrogens with zero attached hydrogens (tertiary/aromatic N) is 1. The molecule has 0 amide bonds. The normalized spacial score (nSPS) is 10.6. The van der Waals surface area contributed by atoms with Crippen molar-refractivity contribution in [3.05, 3.63) is 78.4 Å². The summed E-state index contributed by atoms with van der Waals surface area (Å²) < 4.78 is 10.7. The molecule has 0 spiro atoms. The van der Waals surface area contributed by atoms with Gasteiger partial charge in [0.15, 0.2) is 11.5 Å². The molecule has 0 aliphatic rings. The lowest BCUT2D eigenvalue weighted by Gasteiger charge is -2.11. The number of hydrogen-bond donors (Lipinski definition) is 1. The summed E-state index contributed by atoms with van der Waals surface area (Å²) in [6, 6.07) is 23.8. The molecule has 3 aromatic rings. The van der Waals surface area contributed by atoms with Gasteiger partial charge in [0.2, 0.25) is 0 Å². The van der Waals surface area contributed by atoms with Gasteiger partial charge in [-0.3, -0.25) is 5.43 Å². The molecule has 25 heavy (non-hydrogen) atoms. The summed E-state index contributed by atoms with van der Waals surface area (Å²) in [5.41, 5.74) is 7.11. The highest BCUT2D eigenvalue weighted by Gasteiger charge is 2.08. The van der Waals surface area contributed by atoms with E-state index >= 15 is 0 Å².